The third kappa shape index (κ3) is 3.60. The number of likely N-dealkylation sites (N-methyl/N-ethyl adjacent to an activating group) is 1. The summed E-state index contributed by atoms with van der Waals surface area (Å²) in [4.78, 5) is 21.3. The van der Waals surface area contributed by atoms with Gasteiger partial charge in [-0.15, -0.1) is 0 Å². The molecule has 0 aromatic rings. The molecule has 11 heavy (non-hydrogen) atoms. The van der Waals surface area contributed by atoms with Gasteiger partial charge in [0, 0.05) is 7.05 Å². The number of carbonyl (C=O) groups excluding carboxylic acids is 2. The number of rotatable bonds is 2. The summed E-state index contributed by atoms with van der Waals surface area (Å²) >= 11 is 0. The third-order valence-corrected chi connectivity index (χ3v) is 1.30. The minimum atomic E-state index is -0.818. The highest BCUT2D eigenvalue weighted by Crippen LogP contribution is 1.95. The van der Waals surface area contributed by atoms with E-state index in [1.54, 1.807) is 6.92 Å². The van der Waals surface area contributed by atoms with Crippen LogP contribution in [0.15, 0.2) is 0 Å². The Morgan fingerprint density at radius 1 is 1.55 bits per heavy atom. The Balaban J connectivity index is 3.77. The number of nitrogens with one attached hydrogen (secondary N) is 1. The Hall–Kier alpha value is -1.06. The largest absolute Gasteiger partial charge is 0.456 e. The second kappa shape index (κ2) is 4.71. The summed E-state index contributed by atoms with van der Waals surface area (Å²) < 4.78 is 4.70. The van der Waals surface area contributed by atoms with Crippen molar-refractivity contribution in [1.82, 2.24) is 5.32 Å². The average molecular weight is 159 g/mol. The van der Waals surface area contributed by atoms with Crippen molar-refractivity contribution in [3.8, 4) is 0 Å². The van der Waals surface area contributed by atoms with E-state index < -0.39 is 11.9 Å². The summed E-state index contributed by atoms with van der Waals surface area (Å²) in [7, 11) is 1.39. The molecule has 0 aromatic heterocycles. The maximum atomic E-state index is 10.7. The molecule has 0 radical (unpaired) electrons. The van der Waals surface area contributed by atoms with E-state index in [0.29, 0.717) is 6.42 Å². The fraction of sp³-hybridized carbons (Fsp3) is 0.714. The molecule has 0 aliphatic rings. The summed E-state index contributed by atoms with van der Waals surface area (Å²) in [6.45, 7) is 3.61. The van der Waals surface area contributed by atoms with E-state index in [4.69, 9.17) is 4.74 Å². The second-order valence-electron chi connectivity index (χ2n) is 2.20. The van der Waals surface area contributed by atoms with Crippen molar-refractivity contribution < 1.29 is 14.3 Å². The summed E-state index contributed by atoms with van der Waals surface area (Å²) in [6, 6.07) is 0. The van der Waals surface area contributed by atoms with Gasteiger partial charge in [-0.05, 0) is 13.3 Å². The number of ether oxygens (including phenoxy) is 1. The number of esters is 1. The lowest BCUT2D eigenvalue weighted by Gasteiger charge is -2.08. The molecule has 0 spiro atoms. The van der Waals surface area contributed by atoms with Crippen molar-refractivity contribution in [2.45, 2.75) is 26.4 Å². The Labute approximate surface area is 65.9 Å². The molecular formula is C7H13NO3. The molecule has 0 fully saturated rings. The summed E-state index contributed by atoms with van der Waals surface area (Å²) in [5.41, 5.74) is 0. The van der Waals surface area contributed by atoms with E-state index in [1.165, 1.54) is 7.05 Å². The predicted octanol–water partition coefficient (Wildman–Crippen LogP) is 0.0741. The van der Waals surface area contributed by atoms with Gasteiger partial charge in [0.1, 0.15) is 0 Å². The van der Waals surface area contributed by atoms with Crippen LogP contribution in [-0.4, -0.2) is 25.0 Å². The van der Waals surface area contributed by atoms with Crippen LogP contribution in [-0.2, 0) is 14.3 Å². The first-order chi connectivity index (χ1) is 5.11. The van der Waals surface area contributed by atoms with Crippen LogP contribution in [0.25, 0.3) is 0 Å². The molecule has 0 aliphatic carbocycles. The van der Waals surface area contributed by atoms with Crippen molar-refractivity contribution >= 4 is 11.9 Å². The number of carbonyl (C=O) groups is 2. The molecule has 1 atom stereocenters. The highest BCUT2D eigenvalue weighted by Gasteiger charge is 2.14. The lowest BCUT2D eigenvalue weighted by atomic mass is 10.3. The van der Waals surface area contributed by atoms with E-state index in [1.807, 2.05) is 6.92 Å². The normalized spacial score (nSPS) is 11.9. The van der Waals surface area contributed by atoms with Gasteiger partial charge in [0.15, 0.2) is 0 Å². The van der Waals surface area contributed by atoms with Gasteiger partial charge < -0.3 is 10.1 Å². The first-order valence-electron chi connectivity index (χ1n) is 3.54. The zero-order valence-corrected chi connectivity index (χ0v) is 7.01. The first-order valence-corrected chi connectivity index (χ1v) is 3.54. The molecule has 0 saturated carbocycles. The molecule has 0 heterocycles. The maximum Gasteiger partial charge on any atom is 0.397 e. The second-order valence-corrected chi connectivity index (χ2v) is 2.20. The Bertz CT molecular complexity index is 156. The van der Waals surface area contributed by atoms with E-state index >= 15 is 0 Å². The summed E-state index contributed by atoms with van der Waals surface area (Å²) in [5.74, 6) is -1.52. The fourth-order valence-electron chi connectivity index (χ4n) is 0.422. The van der Waals surface area contributed by atoms with Crippen LogP contribution < -0.4 is 5.32 Å². The van der Waals surface area contributed by atoms with Crippen LogP contribution in [0.4, 0.5) is 0 Å². The minimum Gasteiger partial charge on any atom is -0.456 e. The van der Waals surface area contributed by atoms with Gasteiger partial charge in [-0.2, -0.15) is 0 Å². The highest BCUT2D eigenvalue weighted by atomic mass is 16.5. The first kappa shape index (κ1) is 9.94. The lowest BCUT2D eigenvalue weighted by molar-refractivity contribution is -0.158. The molecule has 1 amide bonds. The van der Waals surface area contributed by atoms with Gasteiger partial charge in [0.05, 0.1) is 6.10 Å². The monoisotopic (exact) mass is 159 g/mol. The van der Waals surface area contributed by atoms with Crippen molar-refractivity contribution in [2.24, 2.45) is 0 Å². The Morgan fingerprint density at radius 3 is 2.45 bits per heavy atom. The van der Waals surface area contributed by atoms with Crippen LogP contribution in [0.2, 0.25) is 0 Å². The number of amides is 1. The average Bonchev–Trinajstić information content (AvgIpc) is 2.02. The van der Waals surface area contributed by atoms with Crippen LogP contribution in [0.3, 0.4) is 0 Å². The van der Waals surface area contributed by atoms with Crippen molar-refractivity contribution in [2.75, 3.05) is 7.05 Å². The molecule has 0 rings (SSSR count). The van der Waals surface area contributed by atoms with E-state index in [0.717, 1.165) is 0 Å². The molecule has 1 N–H and O–H groups in total. The minimum absolute atomic E-state index is 0.195. The Kier molecular flexibility index (Phi) is 4.26. The van der Waals surface area contributed by atoms with Crippen molar-refractivity contribution in [3.05, 3.63) is 0 Å². The van der Waals surface area contributed by atoms with Crippen LogP contribution in [0, 0.1) is 0 Å². The van der Waals surface area contributed by atoms with Crippen LogP contribution >= 0.6 is 0 Å². The third-order valence-electron chi connectivity index (χ3n) is 1.30. The summed E-state index contributed by atoms with van der Waals surface area (Å²) in [5, 5.41) is 2.18. The molecule has 4 heteroatoms. The molecule has 0 saturated heterocycles. The number of hydrogen-bond donors (Lipinski definition) is 1. The molecule has 0 aromatic carbocycles. The molecule has 1 unspecified atom stereocenters. The standard InChI is InChI=1S/C7H13NO3/c1-4-5(2)11-7(10)6(9)8-3/h5H,4H2,1-3H3,(H,8,9). The quantitative estimate of drug-likeness (QED) is 0.458. The van der Waals surface area contributed by atoms with E-state index in [9.17, 15) is 9.59 Å². The van der Waals surface area contributed by atoms with E-state index in [-0.39, 0.29) is 6.10 Å². The zero-order valence-electron chi connectivity index (χ0n) is 7.01. The van der Waals surface area contributed by atoms with Crippen LogP contribution in [0.5, 0.6) is 0 Å². The SMILES string of the molecule is CCC(C)OC(=O)C(=O)NC. The predicted molar refractivity (Wildman–Crippen MR) is 39.9 cm³/mol. The lowest BCUT2D eigenvalue weighted by Crippen LogP contribution is -2.31. The zero-order chi connectivity index (χ0) is 8.85. The topological polar surface area (TPSA) is 55.4 Å². The van der Waals surface area contributed by atoms with Crippen LogP contribution in [0.1, 0.15) is 20.3 Å². The van der Waals surface area contributed by atoms with Gasteiger partial charge in [0.2, 0.25) is 0 Å². The van der Waals surface area contributed by atoms with Crippen molar-refractivity contribution in [3.63, 3.8) is 0 Å². The maximum absolute atomic E-state index is 10.7. The fourth-order valence-corrected chi connectivity index (χ4v) is 0.422. The van der Waals surface area contributed by atoms with Gasteiger partial charge in [-0.25, -0.2) is 4.79 Å². The summed E-state index contributed by atoms with van der Waals surface area (Å²) in [6.07, 6.45) is 0.516. The molecular weight excluding hydrogens is 146 g/mol. The number of hydrogen-bond acceptors (Lipinski definition) is 3. The molecule has 0 aliphatic heterocycles. The van der Waals surface area contributed by atoms with Gasteiger partial charge in [0.25, 0.3) is 0 Å². The van der Waals surface area contributed by atoms with E-state index in [2.05, 4.69) is 5.32 Å². The molecule has 64 valence electrons. The van der Waals surface area contributed by atoms with Gasteiger partial charge in [-0.1, -0.05) is 6.92 Å². The molecule has 4 nitrogen and oxygen atoms in total. The smallest absolute Gasteiger partial charge is 0.397 e. The van der Waals surface area contributed by atoms with Gasteiger partial charge >= 0.3 is 11.9 Å². The van der Waals surface area contributed by atoms with Gasteiger partial charge in [-0.3, -0.25) is 4.79 Å². The highest BCUT2D eigenvalue weighted by molar-refractivity contribution is 6.32. The Morgan fingerprint density at radius 2 is 2.09 bits per heavy atom. The molecule has 0 bridgehead atoms. The van der Waals surface area contributed by atoms with Crippen molar-refractivity contribution in [1.29, 1.82) is 0 Å².